The van der Waals surface area contributed by atoms with Gasteiger partial charge in [0.05, 0.1) is 31.1 Å². The first kappa shape index (κ1) is 25.2. The summed E-state index contributed by atoms with van der Waals surface area (Å²) in [5.74, 6) is 0.769. The maximum absolute atomic E-state index is 12.0. The van der Waals surface area contributed by atoms with Crippen LogP contribution in [0.1, 0.15) is 31.2 Å². The zero-order valence-electron chi connectivity index (χ0n) is 21.3. The van der Waals surface area contributed by atoms with Gasteiger partial charge in [0, 0.05) is 36.1 Å². The number of piperidine rings is 1. The lowest BCUT2D eigenvalue weighted by molar-refractivity contribution is -0.119. The third kappa shape index (κ3) is 5.57. The van der Waals surface area contributed by atoms with Crippen LogP contribution in [0.25, 0.3) is 16.8 Å². The fourth-order valence-corrected chi connectivity index (χ4v) is 4.87. The first-order valence-corrected chi connectivity index (χ1v) is 12.4. The predicted octanol–water partition coefficient (Wildman–Crippen LogP) is 3.17. The Labute approximate surface area is 220 Å². The molecule has 1 aliphatic rings. The monoisotopic (exact) mass is 514 g/mol. The second kappa shape index (κ2) is 10.9. The van der Waals surface area contributed by atoms with Gasteiger partial charge in [0.25, 0.3) is 0 Å². The SMILES string of the molecule is COc1ccc(-c2ccc3cnc(Nc4ccc(C5CCN(CC(N)=O)CC5)c(NC(C)=O)c4)nn23)cn1. The maximum atomic E-state index is 12.0. The van der Waals surface area contributed by atoms with Crippen molar-refractivity contribution in [2.45, 2.75) is 25.7 Å². The first-order valence-electron chi connectivity index (χ1n) is 12.4. The van der Waals surface area contributed by atoms with E-state index in [1.807, 2.05) is 47.0 Å². The van der Waals surface area contributed by atoms with Crippen LogP contribution in [0.4, 0.5) is 17.3 Å². The Hall–Kier alpha value is -4.51. The summed E-state index contributed by atoms with van der Waals surface area (Å²) in [6.45, 7) is 3.34. The lowest BCUT2D eigenvalue weighted by Crippen LogP contribution is -2.39. The van der Waals surface area contributed by atoms with E-state index in [-0.39, 0.29) is 24.3 Å². The predicted molar refractivity (Wildman–Crippen MR) is 144 cm³/mol. The van der Waals surface area contributed by atoms with Gasteiger partial charge in [-0.05, 0) is 67.7 Å². The van der Waals surface area contributed by atoms with Gasteiger partial charge < -0.3 is 21.1 Å². The molecule has 4 N–H and O–H groups in total. The molecule has 0 unspecified atom stereocenters. The van der Waals surface area contributed by atoms with Crippen molar-refractivity contribution in [3.8, 4) is 17.1 Å². The van der Waals surface area contributed by atoms with Crippen LogP contribution in [0.3, 0.4) is 0 Å². The minimum Gasteiger partial charge on any atom is -0.481 e. The minimum atomic E-state index is -0.314. The van der Waals surface area contributed by atoms with E-state index < -0.39 is 0 Å². The molecule has 1 aromatic carbocycles. The number of aromatic nitrogens is 4. The van der Waals surface area contributed by atoms with E-state index in [1.165, 1.54) is 6.92 Å². The topological polar surface area (TPSA) is 140 Å². The molecule has 38 heavy (non-hydrogen) atoms. The summed E-state index contributed by atoms with van der Waals surface area (Å²) in [4.78, 5) is 34.1. The van der Waals surface area contributed by atoms with Crippen molar-refractivity contribution in [1.82, 2.24) is 24.5 Å². The summed E-state index contributed by atoms with van der Waals surface area (Å²) in [6.07, 6.45) is 5.25. The molecule has 11 heteroatoms. The highest BCUT2D eigenvalue weighted by molar-refractivity contribution is 5.90. The van der Waals surface area contributed by atoms with Crippen molar-refractivity contribution in [1.29, 1.82) is 0 Å². The van der Waals surface area contributed by atoms with Crippen LogP contribution >= 0.6 is 0 Å². The number of fused-ring (bicyclic) bond motifs is 1. The van der Waals surface area contributed by atoms with Gasteiger partial charge in [0.2, 0.25) is 23.6 Å². The molecule has 1 fully saturated rings. The molecule has 1 aliphatic heterocycles. The molecule has 0 aliphatic carbocycles. The van der Waals surface area contributed by atoms with E-state index in [1.54, 1.807) is 19.5 Å². The summed E-state index contributed by atoms with van der Waals surface area (Å²) in [5.41, 5.74) is 10.5. The highest BCUT2D eigenvalue weighted by Crippen LogP contribution is 2.35. The second-order valence-corrected chi connectivity index (χ2v) is 9.35. The molecule has 5 rings (SSSR count). The molecule has 0 saturated carbocycles. The lowest BCUT2D eigenvalue weighted by Gasteiger charge is -2.32. The number of likely N-dealkylation sites (tertiary alicyclic amines) is 1. The molecule has 0 radical (unpaired) electrons. The summed E-state index contributed by atoms with van der Waals surface area (Å²) in [6, 6.07) is 13.6. The number of anilines is 3. The van der Waals surface area contributed by atoms with E-state index in [2.05, 4.69) is 30.6 Å². The fourth-order valence-electron chi connectivity index (χ4n) is 4.87. The quantitative estimate of drug-likeness (QED) is 0.326. The van der Waals surface area contributed by atoms with Crippen LogP contribution < -0.4 is 21.1 Å². The number of methoxy groups -OCH3 is 1. The number of carbonyl (C=O) groups is 2. The Morgan fingerprint density at radius 2 is 1.89 bits per heavy atom. The molecule has 2 amide bonds. The van der Waals surface area contributed by atoms with Gasteiger partial charge in [0.1, 0.15) is 0 Å². The molecule has 3 aromatic heterocycles. The van der Waals surface area contributed by atoms with E-state index in [4.69, 9.17) is 10.5 Å². The number of benzene rings is 1. The van der Waals surface area contributed by atoms with Gasteiger partial charge in [-0.15, -0.1) is 5.10 Å². The van der Waals surface area contributed by atoms with Crippen molar-refractivity contribution in [2.75, 3.05) is 37.4 Å². The van der Waals surface area contributed by atoms with E-state index >= 15 is 0 Å². The molecule has 4 aromatic rings. The number of rotatable bonds is 8. The van der Waals surface area contributed by atoms with Crippen molar-refractivity contribution in [2.24, 2.45) is 5.73 Å². The molecule has 1 saturated heterocycles. The van der Waals surface area contributed by atoms with Gasteiger partial charge in [-0.25, -0.2) is 14.5 Å². The molecule has 0 spiro atoms. The number of nitrogens with one attached hydrogen (secondary N) is 2. The number of ether oxygens (including phenoxy) is 1. The largest absolute Gasteiger partial charge is 0.481 e. The Morgan fingerprint density at radius 3 is 2.58 bits per heavy atom. The molecule has 0 bridgehead atoms. The smallest absolute Gasteiger partial charge is 0.245 e. The Kier molecular flexibility index (Phi) is 7.18. The van der Waals surface area contributed by atoms with Gasteiger partial charge in [-0.2, -0.15) is 0 Å². The van der Waals surface area contributed by atoms with Crippen molar-refractivity contribution in [3.63, 3.8) is 0 Å². The number of hydrogen-bond donors (Lipinski definition) is 3. The molecular formula is C27H30N8O3. The van der Waals surface area contributed by atoms with E-state index in [9.17, 15) is 9.59 Å². The zero-order chi connectivity index (χ0) is 26.6. The van der Waals surface area contributed by atoms with Crippen LogP contribution in [0, 0.1) is 0 Å². The molecule has 4 heterocycles. The summed E-state index contributed by atoms with van der Waals surface area (Å²) in [5, 5.41) is 10.9. The van der Waals surface area contributed by atoms with Crippen molar-refractivity contribution < 1.29 is 14.3 Å². The molecule has 11 nitrogen and oxygen atoms in total. The highest BCUT2D eigenvalue weighted by atomic mass is 16.5. The van der Waals surface area contributed by atoms with Crippen LogP contribution in [0.2, 0.25) is 0 Å². The summed E-state index contributed by atoms with van der Waals surface area (Å²) < 4.78 is 6.97. The fraction of sp³-hybridized carbons (Fsp3) is 0.296. The average Bonchev–Trinajstić information content (AvgIpc) is 3.32. The standard InChI is InChI=1S/C27H30N8O3/c1-17(36)31-23-13-20(4-6-22(23)18-9-11-34(12-10-18)16-25(28)37)32-27-30-15-21-5-7-24(35(21)33-27)19-3-8-26(38-2)29-14-19/h3-8,13-15,18H,9-12,16H2,1-2H3,(H2,28,37)(H,31,36)(H,32,33). The number of primary amides is 1. The second-order valence-electron chi connectivity index (χ2n) is 9.35. The maximum Gasteiger partial charge on any atom is 0.245 e. The lowest BCUT2D eigenvalue weighted by atomic mass is 9.88. The van der Waals surface area contributed by atoms with Crippen LogP contribution in [-0.2, 0) is 9.59 Å². The molecule has 0 atom stereocenters. The summed E-state index contributed by atoms with van der Waals surface area (Å²) in [7, 11) is 1.58. The molecular weight excluding hydrogens is 484 g/mol. The van der Waals surface area contributed by atoms with E-state index in [0.717, 1.165) is 59.6 Å². The Bertz CT molecular complexity index is 1460. The van der Waals surface area contributed by atoms with Crippen LogP contribution in [0.15, 0.2) is 54.9 Å². The first-order chi connectivity index (χ1) is 18.4. The zero-order valence-corrected chi connectivity index (χ0v) is 21.3. The van der Waals surface area contributed by atoms with Crippen LogP contribution in [-0.4, -0.2) is 63.0 Å². The van der Waals surface area contributed by atoms with Gasteiger partial charge in [-0.3, -0.25) is 14.5 Å². The normalized spacial score (nSPS) is 14.4. The highest BCUT2D eigenvalue weighted by Gasteiger charge is 2.24. The number of nitrogens with two attached hydrogens (primary N) is 1. The Balaban J connectivity index is 1.38. The van der Waals surface area contributed by atoms with Gasteiger partial charge in [0.15, 0.2) is 0 Å². The molecule has 196 valence electrons. The van der Waals surface area contributed by atoms with E-state index in [0.29, 0.717) is 11.8 Å². The third-order valence-electron chi connectivity index (χ3n) is 6.67. The average molecular weight is 515 g/mol. The van der Waals surface area contributed by atoms with Crippen molar-refractivity contribution >= 4 is 34.7 Å². The third-order valence-corrected chi connectivity index (χ3v) is 6.67. The number of pyridine rings is 1. The van der Waals surface area contributed by atoms with Crippen molar-refractivity contribution in [3.05, 3.63) is 60.4 Å². The Morgan fingerprint density at radius 1 is 1.08 bits per heavy atom. The number of carbonyl (C=O) groups excluding carboxylic acids is 2. The minimum absolute atomic E-state index is 0.141. The summed E-state index contributed by atoms with van der Waals surface area (Å²) >= 11 is 0. The van der Waals surface area contributed by atoms with Crippen LogP contribution in [0.5, 0.6) is 5.88 Å². The number of nitrogens with zero attached hydrogens (tertiary/aromatic N) is 5. The van der Waals surface area contributed by atoms with Gasteiger partial charge >= 0.3 is 0 Å². The van der Waals surface area contributed by atoms with Gasteiger partial charge in [-0.1, -0.05) is 6.07 Å². The number of amides is 2. The number of hydrogen-bond acceptors (Lipinski definition) is 8.